The van der Waals surface area contributed by atoms with Crippen molar-refractivity contribution in [2.45, 2.75) is 25.6 Å². The lowest BCUT2D eigenvalue weighted by Crippen LogP contribution is -2.51. The van der Waals surface area contributed by atoms with E-state index in [0.717, 1.165) is 18.3 Å². The molecule has 2 heterocycles. The van der Waals surface area contributed by atoms with E-state index >= 15 is 0 Å². The van der Waals surface area contributed by atoms with Crippen molar-refractivity contribution >= 4 is 41.0 Å². The van der Waals surface area contributed by atoms with E-state index in [-0.39, 0.29) is 39.3 Å². The summed E-state index contributed by atoms with van der Waals surface area (Å²) in [6.45, 7) is -1.36. The van der Waals surface area contributed by atoms with Gasteiger partial charge >= 0.3 is 18.8 Å². The predicted molar refractivity (Wildman–Crippen MR) is 159 cm³/mol. The van der Waals surface area contributed by atoms with Gasteiger partial charge in [0.05, 0.1) is 22.5 Å². The van der Waals surface area contributed by atoms with Crippen LogP contribution in [0.3, 0.4) is 0 Å². The first-order valence-electron chi connectivity index (χ1n) is 14.1. The minimum absolute atomic E-state index is 0.00182. The largest absolute Gasteiger partial charge is 0.490 e. The summed E-state index contributed by atoms with van der Waals surface area (Å²) in [5.41, 5.74) is 5.52. The molecule has 1 aliphatic heterocycles. The molecule has 0 spiro atoms. The number of likely N-dealkylation sites (tertiary alicyclic amines) is 1. The number of aromatic nitrogens is 2. The van der Waals surface area contributed by atoms with E-state index in [0.29, 0.717) is 44.9 Å². The molecule has 2 aromatic carbocycles. The number of nitrogens with one attached hydrogen (secondary N) is 2. The number of hydrogen-bond donors (Lipinski definition) is 4. The molecule has 4 rings (SSSR count). The number of imidazole rings is 1. The molecule has 49 heavy (non-hydrogen) atoms. The summed E-state index contributed by atoms with van der Waals surface area (Å²) in [5.74, 6) is -7.74. The SMILES string of the molecule is Cn1c(-c2ccc(OC(F)F)c(F)c2F)cnc1C(=O)Nc1ccc(C(=O)NCCC2CN(C(=O)CCN)C2)c(Cl)c1.O=C(O)C(F)(F)F. The van der Waals surface area contributed by atoms with Gasteiger partial charge in [0, 0.05) is 50.9 Å². The van der Waals surface area contributed by atoms with Crippen LogP contribution in [0.2, 0.25) is 5.02 Å². The molecule has 266 valence electrons. The fraction of sp³-hybridized carbons (Fsp3) is 0.345. The lowest BCUT2D eigenvalue weighted by molar-refractivity contribution is -0.192. The number of carboxylic acids is 1. The van der Waals surface area contributed by atoms with Gasteiger partial charge in [-0.25, -0.2) is 14.2 Å². The highest BCUT2D eigenvalue weighted by molar-refractivity contribution is 6.34. The Morgan fingerprint density at radius 2 is 1.76 bits per heavy atom. The van der Waals surface area contributed by atoms with Gasteiger partial charge < -0.3 is 35.7 Å². The minimum atomic E-state index is -5.08. The van der Waals surface area contributed by atoms with Crippen LogP contribution in [0.25, 0.3) is 11.3 Å². The highest BCUT2D eigenvalue weighted by Gasteiger charge is 2.38. The number of carbonyl (C=O) groups is 4. The van der Waals surface area contributed by atoms with Gasteiger partial charge in [-0.1, -0.05) is 11.6 Å². The van der Waals surface area contributed by atoms with Crippen molar-refractivity contribution in [3.8, 4) is 17.0 Å². The van der Waals surface area contributed by atoms with Crippen molar-refractivity contribution in [1.29, 1.82) is 0 Å². The van der Waals surface area contributed by atoms with E-state index in [1.165, 1.54) is 29.8 Å². The topological polar surface area (TPSA) is 169 Å². The second-order valence-electron chi connectivity index (χ2n) is 10.3. The normalized spacial score (nSPS) is 12.9. The number of nitrogens with two attached hydrogens (primary N) is 1. The van der Waals surface area contributed by atoms with Crippen molar-refractivity contribution in [1.82, 2.24) is 19.8 Å². The van der Waals surface area contributed by atoms with Crippen LogP contribution in [0.15, 0.2) is 36.5 Å². The maximum Gasteiger partial charge on any atom is 0.490 e. The zero-order valence-corrected chi connectivity index (χ0v) is 26.0. The number of carboxylic acid groups (broad SMARTS) is 1. The lowest BCUT2D eigenvalue weighted by Gasteiger charge is -2.39. The molecule has 0 unspecified atom stereocenters. The summed E-state index contributed by atoms with van der Waals surface area (Å²) < 4.78 is 90.5. The summed E-state index contributed by atoms with van der Waals surface area (Å²) in [6, 6.07) is 6.16. The summed E-state index contributed by atoms with van der Waals surface area (Å²) in [5, 5.41) is 12.6. The van der Waals surface area contributed by atoms with Gasteiger partial charge in [-0.05, 0) is 42.7 Å². The summed E-state index contributed by atoms with van der Waals surface area (Å²) in [4.78, 5) is 51.8. The van der Waals surface area contributed by atoms with Gasteiger partial charge in [-0.15, -0.1) is 0 Å². The van der Waals surface area contributed by atoms with E-state index in [9.17, 15) is 45.1 Å². The van der Waals surface area contributed by atoms with Crippen LogP contribution in [0.5, 0.6) is 5.75 Å². The molecule has 0 saturated carbocycles. The van der Waals surface area contributed by atoms with Crippen LogP contribution in [0.4, 0.5) is 36.4 Å². The van der Waals surface area contributed by atoms with E-state index in [1.807, 2.05) is 0 Å². The first kappa shape index (κ1) is 38.5. The molecule has 12 nitrogen and oxygen atoms in total. The third-order valence-corrected chi connectivity index (χ3v) is 7.26. The second-order valence-corrected chi connectivity index (χ2v) is 10.8. The number of amides is 3. The Morgan fingerprint density at radius 3 is 2.33 bits per heavy atom. The molecule has 5 N–H and O–H groups in total. The first-order valence-corrected chi connectivity index (χ1v) is 14.4. The van der Waals surface area contributed by atoms with Crippen LogP contribution in [0.1, 0.15) is 33.8 Å². The van der Waals surface area contributed by atoms with Crippen molar-refractivity contribution in [2.24, 2.45) is 18.7 Å². The Morgan fingerprint density at radius 1 is 1.10 bits per heavy atom. The monoisotopic (exact) mass is 724 g/mol. The van der Waals surface area contributed by atoms with Crippen LogP contribution in [0, 0.1) is 17.6 Å². The fourth-order valence-corrected chi connectivity index (χ4v) is 4.74. The van der Waals surface area contributed by atoms with E-state index in [1.54, 1.807) is 4.90 Å². The summed E-state index contributed by atoms with van der Waals surface area (Å²) >= 11 is 6.29. The highest BCUT2D eigenvalue weighted by atomic mass is 35.5. The smallest absolute Gasteiger partial charge is 0.475 e. The molecular formula is C29H28ClF7N6O6. The zero-order chi connectivity index (χ0) is 36.6. The van der Waals surface area contributed by atoms with Crippen LogP contribution in [-0.2, 0) is 16.6 Å². The van der Waals surface area contributed by atoms with Crippen molar-refractivity contribution < 1.29 is 59.8 Å². The molecule has 0 atom stereocenters. The van der Waals surface area contributed by atoms with E-state index < -0.39 is 48.0 Å². The van der Waals surface area contributed by atoms with Crippen LogP contribution in [-0.4, -0.2) is 82.2 Å². The maximum absolute atomic E-state index is 14.6. The molecule has 0 radical (unpaired) electrons. The van der Waals surface area contributed by atoms with Gasteiger partial charge in [0.25, 0.3) is 11.8 Å². The number of ether oxygens (including phenoxy) is 1. The molecule has 1 fully saturated rings. The summed E-state index contributed by atoms with van der Waals surface area (Å²) in [6.07, 6.45) is -2.94. The molecule has 3 amide bonds. The number of alkyl halides is 5. The lowest BCUT2D eigenvalue weighted by atomic mass is 9.96. The molecule has 1 aliphatic rings. The van der Waals surface area contributed by atoms with Gasteiger partial charge in [0.15, 0.2) is 17.4 Å². The number of aliphatic carboxylic acids is 1. The Labute approximate surface area is 278 Å². The molecule has 1 aromatic heterocycles. The number of carbonyl (C=O) groups excluding carboxylic acids is 3. The van der Waals surface area contributed by atoms with Crippen LogP contribution >= 0.6 is 11.6 Å². The Balaban J connectivity index is 0.000000838. The Kier molecular flexibility index (Phi) is 12.9. The highest BCUT2D eigenvalue weighted by Crippen LogP contribution is 2.31. The average Bonchev–Trinajstić information content (AvgIpc) is 3.37. The molecule has 1 saturated heterocycles. The van der Waals surface area contributed by atoms with Gasteiger partial charge in [-0.3, -0.25) is 14.4 Å². The number of halogens is 8. The minimum Gasteiger partial charge on any atom is -0.475 e. The average molecular weight is 725 g/mol. The quantitative estimate of drug-likeness (QED) is 0.211. The molecular weight excluding hydrogens is 697 g/mol. The first-order chi connectivity index (χ1) is 22.9. The number of hydrogen-bond acceptors (Lipinski definition) is 7. The summed E-state index contributed by atoms with van der Waals surface area (Å²) in [7, 11) is 1.39. The number of nitrogens with zero attached hydrogens (tertiary/aromatic N) is 3. The van der Waals surface area contributed by atoms with Crippen molar-refractivity contribution in [3.63, 3.8) is 0 Å². The van der Waals surface area contributed by atoms with Crippen LogP contribution < -0.4 is 21.1 Å². The molecule has 0 bridgehead atoms. The number of anilines is 1. The molecule has 0 aliphatic carbocycles. The predicted octanol–water partition coefficient (Wildman–Crippen LogP) is 4.43. The zero-order valence-electron chi connectivity index (χ0n) is 25.3. The maximum atomic E-state index is 14.6. The van der Waals surface area contributed by atoms with Gasteiger partial charge in [-0.2, -0.15) is 26.3 Å². The molecule has 20 heteroatoms. The number of benzene rings is 2. The third-order valence-electron chi connectivity index (χ3n) is 6.95. The fourth-order valence-electron chi connectivity index (χ4n) is 4.47. The van der Waals surface area contributed by atoms with E-state index in [4.69, 9.17) is 27.2 Å². The standard InChI is InChI=1S/C27H27ClF4N6O4.C2HF3O2/c1-37-19(17-4-5-20(42-27(31)32)23(30)22(17)29)11-35-24(37)26(41)36-15-2-3-16(18(28)10-15)25(40)34-9-7-14-12-38(13-14)21(39)6-8-33;3-2(4,5)1(6)7/h2-5,10-11,14,27H,6-9,12-13,33H2,1H3,(H,34,40)(H,36,41);(H,6,7). The van der Waals surface area contributed by atoms with Crippen molar-refractivity contribution in [2.75, 3.05) is 31.5 Å². The Bertz CT molecular complexity index is 1700. The van der Waals surface area contributed by atoms with Gasteiger partial charge in [0.1, 0.15) is 0 Å². The van der Waals surface area contributed by atoms with Gasteiger partial charge in [0.2, 0.25) is 11.7 Å². The second kappa shape index (κ2) is 16.5. The van der Waals surface area contributed by atoms with E-state index in [2.05, 4.69) is 20.4 Å². The molecule has 3 aromatic rings. The Hall–Kier alpha value is -4.91. The number of rotatable bonds is 11. The van der Waals surface area contributed by atoms with Crippen molar-refractivity contribution in [3.05, 3.63) is 64.6 Å². The third kappa shape index (κ3) is 10.0.